The summed E-state index contributed by atoms with van der Waals surface area (Å²) in [4.78, 5) is 16.6. The Morgan fingerprint density at radius 3 is 2.56 bits per heavy atom. The standard InChI is InChI=1S/C18H13Cl2F2N3OS/c1-10(17(26)24-16-12(21)5-3-6-13(16)22)27-18-23-8-9-25(18)14-7-2-4-11(19)15(14)20/h2-10H,1H3,(H,24,26)/t10-/m1/s1. The van der Waals surface area contributed by atoms with E-state index in [2.05, 4.69) is 10.3 Å². The van der Waals surface area contributed by atoms with Gasteiger partial charge in [-0.25, -0.2) is 13.8 Å². The third kappa shape index (κ3) is 4.26. The topological polar surface area (TPSA) is 46.9 Å². The number of nitrogens with zero attached hydrogens (tertiary/aromatic N) is 2. The van der Waals surface area contributed by atoms with Crippen LogP contribution in [0.5, 0.6) is 0 Å². The normalized spacial score (nSPS) is 12.0. The van der Waals surface area contributed by atoms with Crippen LogP contribution in [0.2, 0.25) is 10.0 Å². The molecular weight excluding hydrogens is 415 g/mol. The van der Waals surface area contributed by atoms with Gasteiger partial charge in [-0.3, -0.25) is 9.36 Å². The zero-order chi connectivity index (χ0) is 19.6. The van der Waals surface area contributed by atoms with Crippen molar-refractivity contribution >= 4 is 46.6 Å². The van der Waals surface area contributed by atoms with Crippen molar-refractivity contribution in [3.05, 3.63) is 70.5 Å². The SMILES string of the molecule is C[C@@H](Sc1nccn1-c1cccc(Cl)c1Cl)C(=O)Nc1c(F)cccc1F. The van der Waals surface area contributed by atoms with Gasteiger partial charge in [0.1, 0.15) is 17.3 Å². The summed E-state index contributed by atoms with van der Waals surface area (Å²) in [7, 11) is 0. The molecule has 3 aromatic rings. The summed E-state index contributed by atoms with van der Waals surface area (Å²) in [5, 5.41) is 2.82. The molecule has 4 nitrogen and oxygen atoms in total. The molecule has 0 unspecified atom stereocenters. The van der Waals surface area contributed by atoms with Gasteiger partial charge in [0.2, 0.25) is 5.91 Å². The number of aromatic nitrogens is 2. The molecule has 1 N–H and O–H groups in total. The number of hydrogen-bond acceptors (Lipinski definition) is 3. The molecule has 0 aliphatic heterocycles. The van der Waals surface area contributed by atoms with Gasteiger partial charge in [-0.1, -0.05) is 47.1 Å². The summed E-state index contributed by atoms with van der Waals surface area (Å²) >= 11 is 13.4. The van der Waals surface area contributed by atoms with Crippen LogP contribution < -0.4 is 5.32 Å². The highest BCUT2D eigenvalue weighted by atomic mass is 35.5. The number of amides is 1. The molecule has 140 valence electrons. The summed E-state index contributed by atoms with van der Waals surface area (Å²) in [6.07, 6.45) is 3.24. The van der Waals surface area contributed by atoms with E-state index >= 15 is 0 Å². The molecule has 1 aromatic heterocycles. The molecule has 0 saturated heterocycles. The van der Waals surface area contributed by atoms with E-state index in [9.17, 15) is 13.6 Å². The van der Waals surface area contributed by atoms with Gasteiger partial charge in [0.25, 0.3) is 0 Å². The van der Waals surface area contributed by atoms with E-state index in [1.807, 2.05) is 0 Å². The number of rotatable bonds is 5. The lowest BCUT2D eigenvalue weighted by molar-refractivity contribution is -0.115. The number of para-hydroxylation sites is 1. The summed E-state index contributed by atoms with van der Waals surface area (Å²) in [5.74, 6) is -2.24. The van der Waals surface area contributed by atoms with E-state index in [0.717, 1.165) is 23.9 Å². The van der Waals surface area contributed by atoms with Crippen LogP contribution in [0.1, 0.15) is 6.92 Å². The minimum Gasteiger partial charge on any atom is -0.320 e. The molecule has 0 radical (unpaired) electrons. The van der Waals surface area contributed by atoms with Crippen LogP contribution >= 0.6 is 35.0 Å². The van der Waals surface area contributed by atoms with Crippen LogP contribution in [0.3, 0.4) is 0 Å². The number of carbonyl (C=O) groups excluding carboxylic acids is 1. The first-order valence-corrected chi connectivity index (χ1v) is 9.41. The summed E-state index contributed by atoms with van der Waals surface area (Å²) in [6, 6.07) is 8.55. The predicted octanol–water partition coefficient (Wildman–Crippen LogP) is 5.58. The first-order chi connectivity index (χ1) is 12.9. The average molecular weight is 428 g/mol. The van der Waals surface area contributed by atoms with E-state index in [1.54, 1.807) is 42.1 Å². The fourth-order valence-electron chi connectivity index (χ4n) is 2.29. The lowest BCUT2D eigenvalue weighted by Crippen LogP contribution is -2.24. The molecule has 0 spiro atoms. The number of thioether (sulfide) groups is 1. The fourth-order valence-corrected chi connectivity index (χ4v) is 3.56. The molecule has 27 heavy (non-hydrogen) atoms. The maximum absolute atomic E-state index is 13.7. The maximum atomic E-state index is 13.7. The molecular formula is C18H13Cl2F2N3OS. The minimum absolute atomic E-state index is 0.351. The number of nitrogens with one attached hydrogen (secondary N) is 1. The van der Waals surface area contributed by atoms with Crippen molar-refractivity contribution in [2.75, 3.05) is 5.32 Å². The fraction of sp³-hybridized carbons (Fsp3) is 0.111. The Balaban J connectivity index is 1.79. The van der Waals surface area contributed by atoms with Gasteiger partial charge in [-0.2, -0.15) is 0 Å². The van der Waals surface area contributed by atoms with Crippen molar-refractivity contribution in [2.24, 2.45) is 0 Å². The van der Waals surface area contributed by atoms with Crippen LogP contribution in [-0.4, -0.2) is 20.7 Å². The average Bonchev–Trinajstić information content (AvgIpc) is 3.08. The van der Waals surface area contributed by atoms with Gasteiger partial charge < -0.3 is 5.32 Å². The Kier molecular flexibility index (Phi) is 6.04. The van der Waals surface area contributed by atoms with E-state index in [1.165, 1.54) is 6.07 Å². The van der Waals surface area contributed by atoms with Crippen LogP contribution in [0.15, 0.2) is 53.9 Å². The van der Waals surface area contributed by atoms with Crippen molar-refractivity contribution < 1.29 is 13.6 Å². The van der Waals surface area contributed by atoms with E-state index in [0.29, 0.717) is 20.9 Å². The lowest BCUT2D eigenvalue weighted by Gasteiger charge is -2.14. The van der Waals surface area contributed by atoms with Gasteiger partial charge in [0, 0.05) is 12.4 Å². The molecule has 1 amide bonds. The smallest absolute Gasteiger partial charge is 0.237 e. The number of halogens is 4. The highest BCUT2D eigenvalue weighted by molar-refractivity contribution is 8.00. The zero-order valence-corrected chi connectivity index (χ0v) is 16.2. The molecule has 1 atom stereocenters. The molecule has 0 fully saturated rings. The summed E-state index contributed by atoms with van der Waals surface area (Å²) < 4.78 is 29.1. The Hall–Kier alpha value is -2.09. The molecule has 3 rings (SSSR count). The molecule has 1 heterocycles. The first-order valence-electron chi connectivity index (χ1n) is 7.77. The number of hydrogen-bond donors (Lipinski definition) is 1. The lowest BCUT2D eigenvalue weighted by atomic mass is 10.3. The third-order valence-electron chi connectivity index (χ3n) is 3.66. The Bertz CT molecular complexity index is 976. The maximum Gasteiger partial charge on any atom is 0.237 e. The number of imidazole rings is 1. The number of benzene rings is 2. The van der Waals surface area contributed by atoms with Gasteiger partial charge >= 0.3 is 0 Å². The second-order valence-corrected chi connectivity index (χ2v) is 7.59. The molecule has 9 heteroatoms. The molecule has 0 bridgehead atoms. The van der Waals surface area contributed by atoms with Gasteiger partial charge in [0.15, 0.2) is 5.16 Å². The summed E-state index contributed by atoms with van der Waals surface area (Å²) in [6.45, 7) is 1.61. The second kappa shape index (κ2) is 8.29. The molecule has 0 saturated carbocycles. The van der Waals surface area contributed by atoms with Gasteiger partial charge in [-0.05, 0) is 31.2 Å². The van der Waals surface area contributed by atoms with Crippen LogP contribution in [0, 0.1) is 11.6 Å². The van der Waals surface area contributed by atoms with E-state index in [4.69, 9.17) is 23.2 Å². The van der Waals surface area contributed by atoms with Gasteiger partial charge in [0.05, 0.1) is 21.0 Å². The number of anilines is 1. The molecule has 0 aliphatic carbocycles. The largest absolute Gasteiger partial charge is 0.320 e. The quantitative estimate of drug-likeness (QED) is 0.540. The predicted molar refractivity (Wildman–Crippen MR) is 104 cm³/mol. The Morgan fingerprint density at radius 2 is 1.85 bits per heavy atom. The van der Waals surface area contributed by atoms with Crippen LogP contribution in [-0.2, 0) is 4.79 Å². The molecule has 0 aliphatic rings. The molecule has 2 aromatic carbocycles. The van der Waals surface area contributed by atoms with Crippen molar-refractivity contribution in [2.45, 2.75) is 17.3 Å². The van der Waals surface area contributed by atoms with E-state index < -0.39 is 28.5 Å². The van der Waals surface area contributed by atoms with Crippen LogP contribution in [0.25, 0.3) is 5.69 Å². The van der Waals surface area contributed by atoms with Crippen molar-refractivity contribution in [1.29, 1.82) is 0 Å². The van der Waals surface area contributed by atoms with Crippen LogP contribution in [0.4, 0.5) is 14.5 Å². The summed E-state index contributed by atoms with van der Waals surface area (Å²) in [5.41, 5.74) is 0.133. The first kappa shape index (κ1) is 19.7. The van der Waals surface area contributed by atoms with Crippen molar-refractivity contribution in [1.82, 2.24) is 9.55 Å². The third-order valence-corrected chi connectivity index (χ3v) is 5.55. The highest BCUT2D eigenvalue weighted by Gasteiger charge is 2.21. The van der Waals surface area contributed by atoms with Gasteiger partial charge in [-0.15, -0.1) is 0 Å². The monoisotopic (exact) mass is 427 g/mol. The second-order valence-electron chi connectivity index (χ2n) is 5.50. The van der Waals surface area contributed by atoms with Crippen molar-refractivity contribution in [3.8, 4) is 5.69 Å². The zero-order valence-electron chi connectivity index (χ0n) is 13.9. The Morgan fingerprint density at radius 1 is 1.19 bits per heavy atom. The van der Waals surface area contributed by atoms with E-state index in [-0.39, 0.29) is 0 Å². The Labute approximate surface area is 168 Å². The van der Waals surface area contributed by atoms with Crippen molar-refractivity contribution in [3.63, 3.8) is 0 Å². The number of carbonyl (C=O) groups is 1. The highest BCUT2D eigenvalue weighted by Crippen LogP contribution is 2.32. The minimum atomic E-state index is -0.840.